The van der Waals surface area contributed by atoms with E-state index in [1.54, 1.807) is 17.5 Å². The fourth-order valence-electron chi connectivity index (χ4n) is 5.83. The molecule has 3 unspecified atom stereocenters. The first kappa shape index (κ1) is 25.3. The van der Waals surface area contributed by atoms with Crippen LogP contribution in [0.1, 0.15) is 53.8 Å². The molecule has 5 heterocycles. The number of nitriles is 1. The Labute approximate surface area is 230 Å². The van der Waals surface area contributed by atoms with Crippen LogP contribution in [-0.2, 0) is 16.6 Å². The van der Waals surface area contributed by atoms with Gasteiger partial charge in [0.2, 0.25) is 17.8 Å². The molecule has 39 heavy (non-hydrogen) atoms. The van der Waals surface area contributed by atoms with Gasteiger partial charge in [0, 0.05) is 47.4 Å². The maximum atomic E-state index is 11.6. The number of hydrogen-bond donors (Lipinski definition) is 3. The molecule has 1 aliphatic carbocycles. The zero-order valence-electron chi connectivity index (χ0n) is 21.8. The van der Waals surface area contributed by atoms with E-state index < -0.39 is 6.17 Å². The van der Waals surface area contributed by atoms with Gasteiger partial charge in [-0.1, -0.05) is 6.07 Å². The van der Waals surface area contributed by atoms with E-state index >= 15 is 0 Å². The summed E-state index contributed by atoms with van der Waals surface area (Å²) >= 11 is 1.63. The van der Waals surface area contributed by atoms with E-state index in [0.29, 0.717) is 42.7 Å². The molecule has 2 aliphatic heterocycles. The van der Waals surface area contributed by atoms with Gasteiger partial charge in [-0.2, -0.15) is 20.2 Å². The van der Waals surface area contributed by atoms with Crippen LogP contribution in [0.3, 0.4) is 0 Å². The summed E-state index contributed by atoms with van der Waals surface area (Å²) in [4.78, 5) is 34.9. The van der Waals surface area contributed by atoms with Crippen molar-refractivity contribution in [2.75, 3.05) is 35.7 Å². The molecule has 202 valence electrons. The maximum Gasteiger partial charge on any atom is 0.323 e. The molecule has 4 atom stereocenters. The summed E-state index contributed by atoms with van der Waals surface area (Å²) in [7, 11) is 1.88. The predicted molar refractivity (Wildman–Crippen MR) is 146 cm³/mol. The first-order valence-corrected chi connectivity index (χ1v) is 13.8. The first-order chi connectivity index (χ1) is 18.8. The van der Waals surface area contributed by atoms with Gasteiger partial charge in [0.25, 0.3) is 0 Å². The largest absolute Gasteiger partial charge is 0.461 e. The Hall–Kier alpha value is -4.02. The Balaban J connectivity index is 1.30. The van der Waals surface area contributed by atoms with E-state index in [9.17, 15) is 10.1 Å². The number of amides is 1. The molecule has 1 spiro atoms. The lowest BCUT2D eigenvalue weighted by Crippen LogP contribution is -2.71. The Bertz CT molecular complexity index is 1470. The standard InChI is InChI=1S/C26H30N10O2S/c1-14(17-4-3-9-30-21(17)28)35(2)23-32-24(34-25(33-23)38-11-16-5-6-19(37)31-16)36-13-26(22(36)29)8-7-18-20(26)15(10-27)12-39-18/h3-4,9,12,14,16,22H,5-8,11,13,29H2,1-2H3,(H2,28,30)(H,31,37)/t14?,16-,22?,26?/m0/s1. The monoisotopic (exact) mass is 546 g/mol. The van der Waals surface area contributed by atoms with Gasteiger partial charge in [0.1, 0.15) is 18.5 Å². The summed E-state index contributed by atoms with van der Waals surface area (Å²) in [6.45, 7) is 2.85. The van der Waals surface area contributed by atoms with E-state index in [1.165, 1.54) is 4.88 Å². The van der Waals surface area contributed by atoms with Crippen LogP contribution in [0.2, 0.25) is 0 Å². The second-order valence-electron chi connectivity index (χ2n) is 10.4. The third-order valence-corrected chi connectivity index (χ3v) is 9.25. The van der Waals surface area contributed by atoms with Crippen LogP contribution in [0.25, 0.3) is 0 Å². The molecule has 12 nitrogen and oxygen atoms in total. The Morgan fingerprint density at radius 1 is 1.38 bits per heavy atom. The summed E-state index contributed by atoms with van der Waals surface area (Å²) in [6.07, 6.45) is 4.25. The van der Waals surface area contributed by atoms with Crippen LogP contribution in [-0.4, -0.2) is 58.3 Å². The van der Waals surface area contributed by atoms with Gasteiger partial charge >= 0.3 is 6.01 Å². The van der Waals surface area contributed by atoms with E-state index in [1.807, 2.05) is 41.3 Å². The minimum absolute atomic E-state index is 0.0150. The number of nitrogens with two attached hydrogens (primary N) is 2. The van der Waals surface area contributed by atoms with Crippen LogP contribution < -0.4 is 31.3 Å². The smallest absolute Gasteiger partial charge is 0.323 e. The van der Waals surface area contributed by atoms with Gasteiger partial charge in [-0.15, -0.1) is 11.3 Å². The number of anilines is 3. The van der Waals surface area contributed by atoms with Crippen molar-refractivity contribution in [2.45, 2.75) is 56.3 Å². The van der Waals surface area contributed by atoms with Crippen LogP contribution in [0.15, 0.2) is 23.7 Å². The number of carbonyl (C=O) groups is 1. The Morgan fingerprint density at radius 2 is 2.23 bits per heavy atom. The van der Waals surface area contributed by atoms with Crippen molar-refractivity contribution in [3.63, 3.8) is 0 Å². The second kappa shape index (κ2) is 9.62. The van der Waals surface area contributed by atoms with E-state index in [0.717, 1.165) is 24.0 Å². The fourth-order valence-corrected chi connectivity index (χ4v) is 6.91. The van der Waals surface area contributed by atoms with Gasteiger partial charge < -0.3 is 31.3 Å². The molecule has 3 aromatic heterocycles. The third kappa shape index (κ3) is 4.20. The molecule has 0 saturated carbocycles. The summed E-state index contributed by atoms with van der Waals surface area (Å²) in [5, 5.41) is 14.5. The molecule has 3 aliphatic rings. The fraction of sp³-hybridized carbons (Fsp3) is 0.462. The van der Waals surface area contributed by atoms with Crippen LogP contribution >= 0.6 is 11.3 Å². The summed E-state index contributed by atoms with van der Waals surface area (Å²) in [5.74, 6) is 1.26. The normalized spacial score (nSPS) is 24.2. The van der Waals surface area contributed by atoms with Crippen molar-refractivity contribution in [1.82, 2.24) is 25.3 Å². The van der Waals surface area contributed by atoms with Gasteiger partial charge in [-0.3, -0.25) is 4.79 Å². The SMILES string of the molecule is CC(c1cccnc1N)N(C)c1nc(OC[C@@H]2CCC(=O)N2)nc(N2CC3(CCc4scc(C#N)c43)C2N)n1. The average molecular weight is 547 g/mol. The number of aromatic nitrogens is 4. The number of rotatable bonds is 7. The second-order valence-corrected chi connectivity index (χ2v) is 11.3. The topological polar surface area (TPSA) is 172 Å². The molecular weight excluding hydrogens is 516 g/mol. The highest BCUT2D eigenvalue weighted by atomic mass is 32.1. The number of fused-ring (bicyclic) bond motifs is 2. The van der Waals surface area contributed by atoms with E-state index in [-0.39, 0.29) is 36.0 Å². The molecule has 2 fully saturated rings. The summed E-state index contributed by atoms with van der Waals surface area (Å²) in [5.41, 5.74) is 15.3. The summed E-state index contributed by atoms with van der Waals surface area (Å²) in [6, 6.07) is 5.98. The molecule has 0 aromatic carbocycles. The van der Waals surface area contributed by atoms with Crippen molar-refractivity contribution in [1.29, 1.82) is 5.26 Å². The highest BCUT2D eigenvalue weighted by molar-refractivity contribution is 7.10. The molecule has 6 rings (SSSR count). The number of nitrogen functional groups attached to an aromatic ring is 1. The lowest BCUT2D eigenvalue weighted by molar-refractivity contribution is -0.119. The number of aryl methyl sites for hydroxylation is 1. The summed E-state index contributed by atoms with van der Waals surface area (Å²) < 4.78 is 5.98. The number of thiophene rings is 1. The number of carbonyl (C=O) groups excluding carboxylic acids is 1. The highest BCUT2D eigenvalue weighted by Crippen LogP contribution is 2.52. The van der Waals surface area contributed by atoms with Crippen molar-refractivity contribution in [3.05, 3.63) is 45.3 Å². The molecule has 5 N–H and O–H groups in total. The number of hydrogen-bond acceptors (Lipinski definition) is 12. The van der Waals surface area contributed by atoms with Gasteiger partial charge in [0.15, 0.2) is 0 Å². The van der Waals surface area contributed by atoms with Crippen molar-refractivity contribution < 1.29 is 9.53 Å². The van der Waals surface area contributed by atoms with Gasteiger partial charge in [-0.25, -0.2) is 4.98 Å². The molecule has 0 bridgehead atoms. The first-order valence-electron chi connectivity index (χ1n) is 13.0. The molecule has 3 aromatic rings. The molecule has 1 amide bonds. The quantitative estimate of drug-likeness (QED) is 0.393. The minimum Gasteiger partial charge on any atom is -0.461 e. The number of nitrogens with zero attached hydrogens (tertiary/aromatic N) is 7. The van der Waals surface area contributed by atoms with Crippen molar-refractivity contribution in [3.8, 4) is 12.1 Å². The number of pyridine rings is 1. The number of ether oxygens (including phenoxy) is 1. The lowest BCUT2D eigenvalue weighted by Gasteiger charge is -2.54. The average Bonchev–Trinajstić information content (AvgIpc) is 3.66. The van der Waals surface area contributed by atoms with Gasteiger partial charge in [-0.05, 0) is 37.8 Å². The zero-order chi connectivity index (χ0) is 27.3. The molecule has 13 heteroatoms. The van der Waals surface area contributed by atoms with Crippen molar-refractivity contribution >= 4 is 35.0 Å². The molecule has 2 saturated heterocycles. The third-order valence-electron chi connectivity index (χ3n) is 8.20. The minimum atomic E-state index is -0.394. The van der Waals surface area contributed by atoms with E-state index in [2.05, 4.69) is 26.3 Å². The van der Waals surface area contributed by atoms with E-state index in [4.69, 9.17) is 21.2 Å². The van der Waals surface area contributed by atoms with Crippen LogP contribution in [0.4, 0.5) is 17.7 Å². The van der Waals surface area contributed by atoms with Crippen LogP contribution in [0, 0.1) is 11.3 Å². The zero-order valence-corrected chi connectivity index (χ0v) is 22.6. The van der Waals surface area contributed by atoms with Gasteiger partial charge in [0.05, 0.1) is 23.8 Å². The Morgan fingerprint density at radius 3 is 2.95 bits per heavy atom. The maximum absolute atomic E-state index is 11.6. The van der Waals surface area contributed by atoms with Crippen LogP contribution in [0.5, 0.6) is 6.01 Å². The number of nitrogens with one attached hydrogen (secondary N) is 1. The molecule has 0 radical (unpaired) electrons. The lowest BCUT2D eigenvalue weighted by atomic mass is 9.71. The molecular formula is C26H30N10O2S. The highest BCUT2D eigenvalue weighted by Gasteiger charge is 2.57. The van der Waals surface area contributed by atoms with Crippen molar-refractivity contribution in [2.24, 2.45) is 5.73 Å². The Kier molecular flexibility index (Phi) is 6.23. The predicted octanol–water partition coefficient (Wildman–Crippen LogP) is 1.63.